The van der Waals surface area contributed by atoms with Gasteiger partial charge in [-0.05, 0) is 105 Å². The summed E-state index contributed by atoms with van der Waals surface area (Å²) >= 11 is 0. The van der Waals surface area contributed by atoms with Crippen molar-refractivity contribution < 1.29 is 57.2 Å². The monoisotopic (exact) mass is 880 g/mol. The number of rotatable bonds is 17. The molecule has 4 rings (SSSR count). The van der Waals surface area contributed by atoms with Gasteiger partial charge in [-0.25, -0.2) is 28.8 Å². The summed E-state index contributed by atoms with van der Waals surface area (Å²) in [6.07, 6.45) is -0.511. The molecular formula is C47H68N4O12. The fourth-order valence-corrected chi connectivity index (χ4v) is 9.35. The maximum absolute atomic E-state index is 13.0. The SMILES string of the molecule is CC(COC(=O)c1ccccc1)OC(=O)NCC1(C)CC(NC(=O)OCC(C)OC(=O)NC2CC(C)(C)CC(C)(CNC(=O)OC(C)COC(=O)c3ccccc3)C2)CC(C)(C)C1. The predicted molar refractivity (Wildman–Crippen MR) is 234 cm³/mol. The molecule has 2 saturated carbocycles. The molecule has 0 saturated heterocycles. The smallest absolute Gasteiger partial charge is 0.407 e. The van der Waals surface area contributed by atoms with Crippen molar-refractivity contribution in [1.29, 1.82) is 0 Å². The molecule has 2 aliphatic carbocycles. The van der Waals surface area contributed by atoms with Gasteiger partial charge < -0.3 is 49.7 Å². The number of benzene rings is 2. The number of hydrogen-bond acceptors (Lipinski definition) is 12. The zero-order chi connectivity index (χ0) is 46.4. The third-order valence-corrected chi connectivity index (χ3v) is 11.1. The van der Waals surface area contributed by atoms with Gasteiger partial charge in [-0.1, -0.05) is 77.9 Å². The number of carbonyl (C=O) groups excluding carboxylic acids is 6. The van der Waals surface area contributed by atoms with Crippen molar-refractivity contribution in [3.05, 3.63) is 71.8 Å². The van der Waals surface area contributed by atoms with Crippen LogP contribution in [0.5, 0.6) is 0 Å². The van der Waals surface area contributed by atoms with E-state index < -0.39 is 54.6 Å². The van der Waals surface area contributed by atoms with E-state index in [-0.39, 0.29) is 53.6 Å². The fraction of sp³-hybridized carbons (Fsp3) is 0.617. The topological polar surface area (TPSA) is 206 Å². The van der Waals surface area contributed by atoms with Crippen molar-refractivity contribution in [2.75, 3.05) is 32.9 Å². The van der Waals surface area contributed by atoms with Gasteiger partial charge in [0.05, 0.1) is 11.1 Å². The van der Waals surface area contributed by atoms with Crippen molar-refractivity contribution in [2.24, 2.45) is 21.7 Å². The Kier molecular flexibility index (Phi) is 17.7. The van der Waals surface area contributed by atoms with Crippen LogP contribution in [0.3, 0.4) is 0 Å². The van der Waals surface area contributed by atoms with Crippen LogP contribution in [0.4, 0.5) is 19.2 Å². The summed E-state index contributed by atoms with van der Waals surface area (Å²) in [5.74, 6) is -1.00. The van der Waals surface area contributed by atoms with Crippen LogP contribution in [0, 0.1) is 21.7 Å². The number of alkyl carbamates (subject to hydrolysis) is 4. The van der Waals surface area contributed by atoms with Crippen molar-refractivity contribution >= 4 is 36.3 Å². The van der Waals surface area contributed by atoms with Crippen LogP contribution < -0.4 is 21.3 Å². The first-order valence-corrected chi connectivity index (χ1v) is 21.8. The highest BCUT2D eigenvalue weighted by atomic mass is 16.6. The second-order valence-corrected chi connectivity index (χ2v) is 19.7. The molecule has 0 radical (unpaired) electrons. The van der Waals surface area contributed by atoms with Gasteiger partial charge in [0.15, 0.2) is 0 Å². The van der Waals surface area contributed by atoms with Crippen molar-refractivity contribution in [1.82, 2.24) is 21.3 Å². The molecule has 0 aromatic heterocycles. The van der Waals surface area contributed by atoms with E-state index in [1.165, 1.54) is 0 Å². The summed E-state index contributed by atoms with van der Waals surface area (Å²) in [7, 11) is 0. The van der Waals surface area contributed by atoms with E-state index >= 15 is 0 Å². The summed E-state index contributed by atoms with van der Waals surface area (Å²) in [5.41, 5.74) is -0.257. The van der Waals surface area contributed by atoms with Crippen LogP contribution in [0.15, 0.2) is 60.7 Å². The first kappa shape index (κ1) is 50.1. The van der Waals surface area contributed by atoms with Gasteiger partial charge in [0, 0.05) is 25.2 Å². The molecule has 63 heavy (non-hydrogen) atoms. The molecule has 0 aliphatic heterocycles. The maximum atomic E-state index is 13.0. The summed E-state index contributed by atoms with van der Waals surface area (Å²) in [5, 5.41) is 11.6. The van der Waals surface area contributed by atoms with Crippen molar-refractivity contribution in [3.8, 4) is 0 Å². The largest absolute Gasteiger partial charge is 0.458 e. The summed E-state index contributed by atoms with van der Waals surface area (Å²) in [6.45, 7) is 17.7. The Balaban J connectivity index is 1.15. The minimum Gasteiger partial charge on any atom is -0.458 e. The van der Waals surface area contributed by atoms with E-state index in [9.17, 15) is 28.8 Å². The molecule has 2 aromatic carbocycles. The Morgan fingerprint density at radius 3 is 1.25 bits per heavy atom. The normalized spacial score (nSPS) is 23.8. The van der Waals surface area contributed by atoms with Gasteiger partial charge in [0.25, 0.3) is 0 Å². The van der Waals surface area contributed by atoms with Gasteiger partial charge in [-0.3, -0.25) is 0 Å². The molecule has 0 spiro atoms. The van der Waals surface area contributed by atoms with Crippen LogP contribution in [0.1, 0.15) is 122 Å². The third-order valence-electron chi connectivity index (χ3n) is 11.1. The minimum absolute atomic E-state index is 0.0915. The molecule has 2 fully saturated rings. The summed E-state index contributed by atoms with van der Waals surface area (Å²) in [4.78, 5) is 75.8. The second kappa shape index (κ2) is 22.2. The van der Waals surface area contributed by atoms with Gasteiger partial charge >= 0.3 is 36.3 Å². The van der Waals surface area contributed by atoms with E-state index in [4.69, 9.17) is 28.4 Å². The molecule has 16 nitrogen and oxygen atoms in total. The lowest BCUT2D eigenvalue weighted by Crippen LogP contribution is -2.51. The lowest BCUT2D eigenvalue weighted by Gasteiger charge is -2.46. The molecule has 2 aliphatic rings. The number of esters is 2. The van der Waals surface area contributed by atoms with Gasteiger partial charge in [0.1, 0.15) is 38.1 Å². The van der Waals surface area contributed by atoms with E-state index in [1.807, 2.05) is 13.8 Å². The molecule has 16 heteroatoms. The molecule has 4 amide bonds. The maximum Gasteiger partial charge on any atom is 0.407 e. The number of ether oxygens (including phenoxy) is 6. The van der Waals surface area contributed by atoms with Gasteiger partial charge in [0.2, 0.25) is 0 Å². The number of hydrogen-bond donors (Lipinski definition) is 4. The van der Waals surface area contributed by atoms with Crippen LogP contribution >= 0.6 is 0 Å². The zero-order valence-corrected chi connectivity index (χ0v) is 38.3. The molecule has 0 bridgehead atoms. The van der Waals surface area contributed by atoms with Crippen molar-refractivity contribution in [2.45, 2.75) is 131 Å². The molecule has 7 atom stereocenters. The third kappa shape index (κ3) is 17.6. The first-order chi connectivity index (χ1) is 29.5. The Bertz CT molecular complexity index is 1860. The average molecular weight is 881 g/mol. The molecule has 7 unspecified atom stereocenters. The van der Waals surface area contributed by atoms with E-state index in [0.717, 1.165) is 12.8 Å². The van der Waals surface area contributed by atoms with E-state index in [2.05, 4.69) is 49.0 Å². The first-order valence-electron chi connectivity index (χ1n) is 21.8. The van der Waals surface area contributed by atoms with Gasteiger partial charge in [-0.2, -0.15) is 0 Å². The van der Waals surface area contributed by atoms with Crippen LogP contribution in [0.2, 0.25) is 0 Å². The second-order valence-electron chi connectivity index (χ2n) is 19.7. The fourth-order valence-electron chi connectivity index (χ4n) is 9.35. The molecule has 0 heterocycles. The van der Waals surface area contributed by atoms with Crippen molar-refractivity contribution in [3.63, 3.8) is 0 Å². The number of nitrogens with one attached hydrogen (secondary N) is 4. The number of amides is 4. The highest BCUT2D eigenvalue weighted by Gasteiger charge is 2.43. The molecule has 2 aromatic rings. The van der Waals surface area contributed by atoms with Crippen LogP contribution in [-0.4, -0.2) is 99.6 Å². The molecule has 348 valence electrons. The lowest BCUT2D eigenvalue weighted by atomic mass is 9.62. The summed E-state index contributed by atoms with van der Waals surface area (Å²) in [6, 6.07) is 16.6. The van der Waals surface area contributed by atoms with E-state index in [0.29, 0.717) is 49.9 Å². The highest BCUT2D eigenvalue weighted by Crippen LogP contribution is 2.47. The minimum atomic E-state index is -0.739. The molecule has 4 N–H and O–H groups in total. The molecular weight excluding hydrogens is 813 g/mol. The van der Waals surface area contributed by atoms with Crippen LogP contribution in [0.25, 0.3) is 0 Å². The lowest BCUT2D eigenvalue weighted by molar-refractivity contribution is 0.0188. The average Bonchev–Trinajstić information content (AvgIpc) is 3.19. The van der Waals surface area contributed by atoms with E-state index in [1.54, 1.807) is 81.4 Å². The number of carbonyl (C=O) groups is 6. The predicted octanol–water partition coefficient (Wildman–Crippen LogP) is 7.94. The van der Waals surface area contributed by atoms with Crippen LogP contribution in [-0.2, 0) is 28.4 Å². The Morgan fingerprint density at radius 2 is 0.857 bits per heavy atom. The Hall–Kier alpha value is -5.54. The Morgan fingerprint density at radius 1 is 0.508 bits per heavy atom. The van der Waals surface area contributed by atoms with Gasteiger partial charge in [-0.15, -0.1) is 0 Å². The quantitative estimate of drug-likeness (QED) is 0.0883. The standard InChI is InChI=1S/C47H68N4O12/c1-31(24-58-38(52)34-16-12-10-13-17-34)61-40(54)48-29-46(8)22-36(20-44(4,5)27-46)50-42(56)60-26-33(3)63-43(57)51-37-21-45(6,7)28-47(9,23-37)30-49-41(55)62-32(2)25-59-39(53)35-18-14-11-15-19-35/h10-19,31-33,36-37H,20-30H2,1-9H3,(H,48,54)(H,49,55)(H,50,56)(H,51,57). The highest BCUT2D eigenvalue weighted by molar-refractivity contribution is 5.89. The summed E-state index contributed by atoms with van der Waals surface area (Å²) < 4.78 is 32.5. The zero-order valence-electron chi connectivity index (χ0n) is 38.3. The Labute approximate surface area is 371 Å².